The maximum Gasteiger partial charge on any atom is 0.471 e. The minimum absolute atomic E-state index is 0.00620. The Balaban J connectivity index is 1.52. The van der Waals surface area contributed by atoms with Crippen molar-refractivity contribution in [3.8, 4) is 0 Å². The summed E-state index contributed by atoms with van der Waals surface area (Å²) in [5, 5.41) is 125. The van der Waals surface area contributed by atoms with Crippen molar-refractivity contribution < 1.29 is 184 Å². The Labute approximate surface area is 766 Å². The van der Waals surface area contributed by atoms with Gasteiger partial charge in [0.25, 0.3) is 0 Å². The molecule has 48 heteroatoms. The predicted molar refractivity (Wildman–Crippen MR) is 462 cm³/mol. The standard InChI is InChI=1S/C83H154N9O38P/c1-57(97)88-70-76(107)73(104)63(53-94)128-81(70)124-49-46-121-43-40-118-37-34-115-31-24-67(101)85-28-18-14-21-61(79(110)87-30-16-11-9-7-5-6-8-10-12-23-66(100)84-27-17-13-20-60(52-93)56-127-131(112,113)114-4)92-80(111)62(91-69(103)26-33-117-36-39-120-42-45-123-48-51-126-83-72(90-59(3)99)78(109)75(106)65(55-96)130-83)22-15-19-29-86-68(102)25-32-116-35-38-119-41-44-122-47-50-125-82-71(89-58(2)98)77(108)74(105)64(54-95)129-82/h60-65,70-78,81-83,93-96,104-109H,5-56H2,1-4H3,(H,84,100)(H,85,101)(H,86,102)(H,87,110)(H,88,97)(H,89,98)(H,90,99)(H,91,103)(H,92,111)(H,112,113)/t60?,61-,62-,63?,64?,65?,70?,71?,72?,73?,74?,75?,76?,77?,78?,81?,82?,83?/m0/s1. The Bertz CT molecular complexity index is 3110. The zero-order valence-corrected chi connectivity index (χ0v) is 77.4. The largest absolute Gasteiger partial charge is 0.471 e. The van der Waals surface area contributed by atoms with Crippen LogP contribution in [0, 0.1) is 5.92 Å². The topological polar surface area (TPSA) is 658 Å². The molecule has 0 aliphatic carbocycles. The third kappa shape index (κ3) is 55.4. The molecule has 3 fully saturated rings. The first-order valence-electron chi connectivity index (χ1n) is 45.6. The lowest BCUT2D eigenvalue weighted by atomic mass is 9.97. The SMILES string of the molecule is COP(=O)(O)OCC(CO)CCCCNC(=O)CCCCCCCCCCCNC(=O)[C@H](CCCCNC(=O)CCOCCOCCOCCOC1OC(CO)C(O)C(O)C1NC(C)=O)NC(=O)[C@H](CCCCNC(=O)CCOCCOCCOCCOC1OC(CO)C(O)C(O)C1NC(C)=O)NC(=O)CCOCCOCCOCCOC1OC(CO)C(O)C(O)C1NC(C)=O. The van der Waals surface area contributed by atoms with Gasteiger partial charge in [-0.2, -0.15) is 0 Å². The third-order valence-electron chi connectivity index (χ3n) is 20.9. The number of carbonyl (C=O) groups is 9. The molecule has 3 aliphatic rings. The summed E-state index contributed by atoms with van der Waals surface area (Å²) in [6.07, 6.45) is -3.50. The molecule has 0 aromatic carbocycles. The van der Waals surface area contributed by atoms with Gasteiger partial charge >= 0.3 is 7.82 Å². The Hall–Kier alpha value is -5.66. The molecule has 47 nitrogen and oxygen atoms in total. The predicted octanol–water partition coefficient (Wildman–Crippen LogP) is -4.59. The molecule has 3 heterocycles. The highest BCUT2D eigenvalue weighted by molar-refractivity contribution is 7.47. The van der Waals surface area contributed by atoms with Crippen LogP contribution in [-0.4, -0.2) is 418 Å². The first kappa shape index (κ1) is 120. The van der Waals surface area contributed by atoms with Crippen molar-refractivity contribution in [2.24, 2.45) is 5.92 Å². The minimum Gasteiger partial charge on any atom is -0.396 e. The van der Waals surface area contributed by atoms with Crippen molar-refractivity contribution in [3.63, 3.8) is 0 Å². The molecule has 0 spiro atoms. The lowest BCUT2D eigenvalue weighted by molar-refractivity contribution is -0.272. The smallest absolute Gasteiger partial charge is 0.396 e. The summed E-state index contributed by atoms with van der Waals surface area (Å²) in [5.41, 5.74) is 0. The number of unbranched alkanes of at least 4 members (excludes halogenated alkanes) is 11. The Kier molecular flexibility index (Phi) is 68.0. The summed E-state index contributed by atoms with van der Waals surface area (Å²) in [5.74, 6) is -3.99. The number of carbonyl (C=O) groups excluding carboxylic acids is 9. The van der Waals surface area contributed by atoms with Gasteiger partial charge in [-0.05, 0) is 64.2 Å². The van der Waals surface area contributed by atoms with Crippen LogP contribution >= 0.6 is 7.82 Å². The summed E-state index contributed by atoms with van der Waals surface area (Å²) >= 11 is 0. The van der Waals surface area contributed by atoms with Crippen molar-refractivity contribution in [3.05, 3.63) is 0 Å². The van der Waals surface area contributed by atoms with E-state index in [2.05, 4.69) is 52.4 Å². The van der Waals surface area contributed by atoms with Gasteiger partial charge < -0.3 is 175 Å². The number of aliphatic hydroxyl groups is 10. The number of amides is 9. The molecular weight excluding hydrogens is 1760 g/mol. The number of rotatable bonds is 81. The summed E-state index contributed by atoms with van der Waals surface area (Å²) < 4.78 is 105. The van der Waals surface area contributed by atoms with E-state index in [4.69, 9.17) is 75.6 Å². The van der Waals surface area contributed by atoms with E-state index >= 15 is 0 Å². The van der Waals surface area contributed by atoms with E-state index in [9.17, 15) is 104 Å². The molecule has 3 aliphatic heterocycles. The molecule has 0 radical (unpaired) electrons. The van der Waals surface area contributed by atoms with Crippen molar-refractivity contribution in [1.82, 2.24) is 47.9 Å². The molecule has 0 saturated carbocycles. The number of nitrogens with one attached hydrogen (secondary N) is 9. The average Bonchev–Trinajstić information content (AvgIpc) is 0.816. The monoisotopic (exact) mass is 1920 g/mol. The number of hydrogen-bond donors (Lipinski definition) is 20. The van der Waals surface area contributed by atoms with Crippen LogP contribution in [0.1, 0.15) is 162 Å². The normalized spacial score (nSPS) is 23.2. The second-order valence-electron chi connectivity index (χ2n) is 31.6. The van der Waals surface area contributed by atoms with E-state index in [1.165, 1.54) is 20.8 Å². The Morgan fingerprint density at radius 3 is 0.962 bits per heavy atom. The van der Waals surface area contributed by atoms with Crippen LogP contribution in [0.4, 0.5) is 0 Å². The highest BCUT2D eigenvalue weighted by Gasteiger charge is 2.48. The summed E-state index contributed by atoms with van der Waals surface area (Å²) in [7, 11) is -3.07. The number of phosphoric ester groups is 1. The van der Waals surface area contributed by atoms with Gasteiger partial charge in [0.1, 0.15) is 85.1 Å². The molecular formula is C83H154N9O38P. The highest BCUT2D eigenvalue weighted by Crippen LogP contribution is 2.42. The number of ether oxygens (including phenoxy) is 15. The molecule has 0 bridgehead atoms. The van der Waals surface area contributed by atoms with Gasteiger partial charge in [-0.15, -0.1) is 0 Å². The zero-order chi connectivity index (χ0) is 96.2. The molecule has 764 valence electrons. The molecule has 3 saturated heterocycles. The van der Waals surface area contributed by atoms with Crippen LogP contribution in [0.15, 0.2) is 0 Å². The molecule has 20 N–H and O–H groups in total. The lowest BCUT2D eigenvalue weighted by Gasteiger charge is -2.42. The second kappa shape index (κ2) is 74.5. The number of hydrogen-bond acceptors (Lipinski definition) is 37. The molecule has 9 amide bonds. The van der Waals surface area contributed by atoms with E-state index in [0.717, 1.165) is 58.5 Å². The van der Waals surface area contributed by atoms with E-state index in [-0.39, 0.29) is 221 Å². The van der Waals surface area contributed by atoms with E-state index in [1.54, 1.807) is 0 Å². The van der Waals surface area contributed by atoms with E-state index < -0.39 is 167 Å². The van der Waals surface area contributed by atoms with Crippen molar-refractivity contribution in [2.45, 2.75) is 266 Å². The molecule has 17 unspecified atom stereocenters. The average molecular weight is 1920 g/mol. The fraction of sp³-hybridized carbons (Fsp3) is 0.892. The van der Waals surface area contributed by atoms with Gasteiger partial charge in [0, 0.05) is 92.3 Å². The molecule has 3 rings (SSSR count). The molecule has 131 heavy (non-hydrogen) atoms. The van der Waals surface area contributed by atoms with Crippen LogP contribution in [-0.2, 0) is 128 Å². The fourth-order valence-corrected chi connectivity index (χ4v) is 14.1. The number of aliphatic hydroxyl groups excluding tert-OH is 10. The van der Waals surface area contributed by atoms with Crippen LogP contribution in [0.3, 0.4) is 0 Å². The van der Waals surface area contributed by atoms with Gasteiger partial charge in [0.2, 0.25) is 53.2 Å². The quantitative estimate of drug-likeness (QED) is 0.0201. The third-order valence-corrected chi connectivity index (χ3v) is 21.8. The van der Waals surface area contributed by atoms with Gasteiger partial charge in [0.05, 0.1) is 165 Å². The van der Waals surface area contributed by atoms with Crippen LogP contribution in [0.5, 0.6) is 0 Å². The van der Waals surface area contributed by atoms with Crippen LogP contribution in [0.25, 0.3) is 0 Å². The van der Waals surface area contributed by atoms with Gasteiger partial charge in [-0.1, -0.05) is 51.4 Å². The lowest BCUT2D eigenvalue weighted by Crippen LogP contribution is -2.64. The summed E-state index contributed by atoms with van der Waals surface area (Å²) in [6.45, 7) is 5.27. The van der Waals surface area contributed by atoms with Gasteiger partial charge in [-0.3, -0.25) is 52.2 Å². The van der Waals surface area contributed by atoms with E-state index in [0.29, 0.717) is 70.9 Å². The Morgan fingerprint density at radius 1 is 0.336 bits per heavy atom. The molecule has 0 aromatic heterocycles. The first-order chi connectivity index (χ1) is 63.1. The second-order valence-corrected chi connectivity index (χ2v) is 33.2. The number of phosphoric acid groups is 1. The van der Waals surface area contributed by atoms with Gasteiger partial charge in [-0.25, -0.2) is 4.57 Å². The van der Waals surface area contributed by atoms with Crippen molar-refractivity contribution in [2.75, 3.05) is 205 Å². The molecule has 19 atom stereocenters. The van der Waals surface area contributed by atoms with Crippen LogP contribution < -0.4 is 47.9 Å². The minimum atomic E-state index is -4.13. The molecule has 0 aromatic rings. The van der Waals surface area contributed by atoms with Crippen molar-refractivity contribution >= 4 is 61.0 Å². The maximum atomic E-state index is 14.4. The van der Waals surface area contributed by atoms with E-state index in [1.807, 2.05) is 0 Å². The Morgan fingerprint density at radius 2 is 0.626 bits per heavy atom. The first-order valence-corrected chi connectivity index (χ1v) is 47.1. The van der Waals surface area contributed by atoms with Crippen molar-refractivity contribution in [1.29, 1.82) is 0 Å². The summed E-state index contributed by atoms with van der Waals surface area (Å²) in [4.78, 5) is 125. The summed E-state index contributed by atoms with van der Waals surface area (Å²) in [6, 6.07) is -5.45. The zero-order valence-electron chi connectivity index (χ0n) is 76.6. The van der Waals surface area contributed by atoms with Gasteiger partial charge in [0.15, 0.2) is 18.9 Å². The highest BCUT2D eigenvalue weighted by atomic mass is 31.2. The fourth-order valence-electron chi connectivity index (χ4n) is 13.6. The van der Waals surface area contributed by atoms with Crippen LogP contribution in [0.2, 0.25) is 0 Å². The maximum absolute atomic E-state index is 14.4.